The van der Waals surface area contributed by atoms with Crippen molar-refractivity contribution < 1.29 is 0 Å². The first-order chi connectivity index (χ1) is 7.74. The molecule has 2 heteroatoms. The summed E-state index contributed by atoms with van der Waals surface area (Å²) in [4.78, 5) is 1.40. The van der Waals surface area contributed by atoms with Crippen LogP contribution in [0.1, 0.15) is 38.2 Å². The summed E-state index contributed by atoms with van der Waals surface area (Å²) in [7, 11) is 2.01. The fraction of sp³-hybridized carbons (Fsp3) is 0.571. The van der Waals surface area contributed by atoms with Crippen LogP contribution in [0.4, 0.5) is 0 Å². The molecular weight excluding hydrogens is 214 g/mol. The molecule has 0 saturated heterocycles. The monoisotopic (exact) mass is 237 g/mol. The van der Waals surface area contributed by atoms with Crippen molar-refractivity contribution in [3.63, 3.8) is 0 Å². The number of hydrogen-bond acceptors (Lipinski definition) is 2. The van der Waals surface area contributed by atoms with Gasteiger partial charge in [-0.1, -0.05) is 26.0 Å². The molecule has 0 saturated carbocycles. The molecule has 16 heavy (non-hydrogen) atoms. The first kappa shape index (κ1) is 13.6. The van der Waals surface area contributed by atoms with Gasteiger partial charge in [-0.05, 0) is 55.8 Å². The molecule has 0 aliphatic heterocycles. The van der Waals surface area contributed by atoms with Crippen molar-refractivity contribution in [2.45, 2.75) is 37.5 Å². The van der Waals surface area contributed by atoms with Gasteiger partial charge in [0, 0.05) is 4.90 Å². The summed E-state index contributed by atoms with van der Waals surface area (Å²) < 4.78 is 0. The van der Waals surface area contributed by atoms with Crippen LogP contribution >= 0.6 is 11.8 Å². The van der Waals surface area contributed by atoms with Gasteiger partial charge < -0.3 is 5.32 Å². The van der Waals surface area contributed by atoms with Gasteiger partial charge in [0.05, 0.1) is 0 Å². The van der Waals surface area contributed by atoms with E-state index in [-0.39, 0.29) is 0 Å². The predicted molar refractivity (Wildman–Crippen MR) is 74.4 cm³/mol. The van der Waals surface area contributed by atoms with Crippen LogP contribution in [0.15, 0.2) is 29.2 Å². The lowest BCUT2D eigenvalue weighted by atomic mass is 10.0. The lowest BCUT2D eigenvalue weighted by Crippen LogP contribution is -2.07. The Kier molecular flexibility index (Phi) is 6.58. The molecule has 0 atom stereocenters. The molecule has 1 N–H and O–H groups in total. The molecule has 0 unspecified atom stereocenters. The summed E-state index contributed by atoms with van der Waals surface area (Å²) in [5.74, 6) is 1.86. The van der Waals surface area contributed by atoms with Crippen LogP contribution in [0.5, 0.6) is 0 Å². The Bertz CT molecular complexity index is 279. The zero-order valence-corrected chi connectivity index (χ0v) is 11.4. The van der Waals surface area contributed by atoms with E-state index in [4.69, 9.17) is 0 Å². The van der Waals surface area contributed by atoms with Crippen molar-refractivity contribution >= 4 is 11.8 Å². The van der Waals surface area contributed by atoms with Crippen molar-refractivity contribution in [1.82, 2.24) is 5.32 Å². The van der Waals surface area contributed by atoms with Gasteiger partial charge in [0.15, 0.2) is 0 Å². The third-order valence-corrected chi connectivity index (χ3v) is 3.73. The molecule has 0 aromatic heterocycles. The minimum atomic E-state index is 0.634. The molecule has 0 bridgehead atoms. The first-order valence-electron chi connectivity index (χ1n) is 6.11. The van der Waals surface area contributed by atoms with E-state index in [0.717, 1.165) is 6.54 Å². The topological polar surface area (TPSA) is 12.0 Å². The van der Waals surface area contributed by atoms with Gasteiger partial charge in [-0.25, -0.2) is 0 Å². The summed E-state index contributed by atoms with van der Waals surface area (Å²) in [6.45, 7) is 5.60. The average molecular weight is 237 g/mol. The molecule has 0 spiro atoms. The van der Waals surface area contributed by atoms with E-state index in [1.165, 1.54) is 29.1 Å². The molecule has 0 heterocycles. The van der Waals surface area contributed by atoms with E-state index in [1.54, 1.807) is 0 Å². The largest absolute Gasteiger partial charge is 0.320 e. The zero-order valence-electron chi connectivity index (χ0n) is 10.6. The van der Waals surface area contributed by atoms with Crippen molar-refractivity contribution in [2.24, 2.45) is 0 Å². The van der Waals surface area contributed by atoms with Crippen LogP contribution in [0.3, 0.4) is 0 Å². The quantitative estimate of drug-likeness (QED) is 0.570. The molecule has 90 valence electrons. The number of nitrogens with one attached hydrogen (secondary N) is 1. The maximum atomic E-state index is 3.18. The molecular formula is C14H23NS. The highest BCUT2D eigenvalue weighted by molar-refractivity contribution is 7.99. The van der Waals surface area contributed by atoms with E-state index < -0.39 is 0 Å². The minimum absolute atomic E-state index is 0.634. The van der Waals surface area contributed by atoms with E-state index >= 15 is 0 Å². The molecule has 1 aromatic rings. The van der Waals surface area contributed by atoms with Crippen molar-refractivity contribution in [2.75, 3.05) is 19.3 Å². The lowest BCUT2D eigenvalue weighted by molar-refractivity contribution is 0.715. The fourth-order valence-corrected chi connectivity index (χ4v) is 2.46. The normalized spacial score (nSPS) is 11.0. The summed E-state index contributed by atoms with van der Waals surface area (Å²) >= 11 is 1.96. The number of thioether (sulfide) groups is 1. The molecule has 0 aliphatic rings. The summed E-state index contributed by atoms with van der Waals surface area (Å²) in [5.41, 5.74) is 1.43. The molecule has 0 amide bonds. The molecule has 1 nitrogen and oxygen atoms in total. The maximum Gasteiger partial charge on any atom is 0.00721 e. The van der Waals surface area contributed by atoms with Gasteiger partial charge in [-0.2, -0.15) is 0 Å². The minimum Gasteiger partial charge on any atom is -0.320 e. The standard InChI is InChI=1S/C14H23NS/c1-12(2)13-6-8-14(9-7-13)16-11-5-4-10-15-3/h6-9,12,15H,4-5,10-11H2,1-3H3. The average Bonchev–Trinajstić information content (AvgIpc) is 2.29. The third-order valence-electron chi connectivity index (χ3n) is 2.64. The first-order valence-corrected chi connectivity index (χ1v) is 7.10. The van der Waals surface area contributed by atoms with Gasteiger partial charge in [-0.15, -0.1) is 11.8 Å². The van der Waals surface area contributed by atoms with Gasteiger partial charge in [0.25, 0.3) is 0 Å². The summed E-state index contributed by atoms with van der Waals surface area (Å²) in [5, 5.41) is 3.18. The SMILES string of the molecule is CNCCCCSc1ccc(C(C)C)cc1. The maximum absolute atomic E-state index is 3.18. The van der Waals surface area contributed by atoms with E-state index in [9.17, 15) is 0 Å². The Morgan fingerprint density at radius 2 is 1.81 bits per heavy atom. The van der Waals surface area contributed by atoms with Crippen molar-refractivity contribution in [3.8, 4) is 0 Å². The van der Waals surface area contributed by atoms with Gasteiger partial charge in [-0.3, -0.25) is 0 Å². The molecule has 0 fully saturated rings. The Hall–Kier alpha value is -0.470. The number of rotatable bonds is 7. The Balaban J connectivity index is 2.27. The van der Waals surface area contributed by atoms with E-state index in [0.29, 0.717) is 5.92 Å². The van der Waals surface area contributed by atoms with Crippen molar-refractivity contribution in [3.05, 3.63) is 29.8 Å². The van der Waals surface area contributed by atoms with Crippen LogP contribution in [-0.2, 0) is 0 Å². The fourth-order valence-electron chi connectivity index (χ4n) is 1.54. The van der Waals surface area contributed by atoms with Gasteiger partial charge in [0.2, 0.25) is 0 Å². The van der Waals surface area contributed by atoms with Crippen LogP contribution in [0, 0.1) is 0 Å². The predicted octanol–water partition coefficient (Wildman–Crippen LogP) is 3.90. The van der Waals surface area contributed by atoms with Crippen molar-refractivity contribution in [1.29, 1.82) is 0 Å². The number of benzene rings is 1. The number of hydrogen-bond donors (Lipinski definition) is 1. The molecule has 1 aromatic carbocycles. The van der Waals surface area contributed by atoms with Gasteiger partial charge >= 0.3 is 0 Å². The Morgan fingerprint density at radius 1 is 1.12 bits per heavy atom. The second-order valence-electron chi connectivity index (χ2n) is 4.38. The third kappa shape index (κ3) is 5.04. The number of unbranched alkanes of at least 4 members (excludes halogenated alkanes) is 1. The summed E-state index contributed by atoms with van der Waals surface area (Å²) in [6, 6.07) is 9.00. The zero-order chi connectivity index (χ0) is 11.8. The second kappa shape index (κ2) is 7.75. The molecule has 0 radical (unpaired) electrons. The highest BCUT2D eigenvalue weighted by Gasteiger charge is 1.99. The molecule has 0 aliphatic carbocycles. The van der Waals surface area contributed by atoms with Crippen LogP contribution < -0.4 is 5.32 Å². The Labute approximate surface area is 104 Å². The van der Waals surface area contributed by atoms with E-state index in [1.807, 2.05) is 18.8 Å². The Morgan fingerprint density at radius 3 is 2.38 bits per heavy atom. The van der Waals surface area contributed by atoms with Gasteiger partial charge in [0.1, 0.15) is 0 Å². The highest BCUT2D eigenvalue weighted by atomic mass is 32.2. The molecule has 1 rings (SSSR count). The van der Waals surface area contributed by atoms with Crippen LogP contribution in [0.25, 0.3) is 0 Å². The van der Waals surface area contributed by atoms with Crippen LogP contribution in [0.2, 0.25) is 0 Å². The smallest absolute Gasteiger partial charge is 0.00721 e. The highest BCUT2D eigenvalue weighted by Crippen LogP contribution is 2.22. The lowest BCUT2D eigenvalue weighted by Gasteiger charge is -2.06. The second-order valence-corrected chi connectivity index (χ2v) is 5.55. The summed E-state index contributed by atoms with van der Waals surface area (Å²) in [6.07, 6.45) is 2.56. The van der Waals surface area contributed by atoms with E-state index in [2.05, 4.69) is 43.4 Å². The van der Waals surface area contributed by atoms with Crippen LogP contribution in [-0.4, -0.2) is 19.3 Å².